The molecule has 2 aliphatic rings. The summed E-state index contributed by atoms with van der Waals surface area (Å²) in [7, 11) is 3.98. The number of likely N-dealkylation sites (tertiary alicyclic amines) is 1. The summed E-state index contributed by atoms with van der Waals surface area (Å²) >= 11 is 0. The molecule has 1 fully saturated rings. The van der Waals surface area contributed by atoms with E-state index in [0.717, 1.165) is 22.4 Å². The molecule has 1 aliphatic heterocycles. The van der Waals surface area contributed by atoms with Crippen LogP contribution in [0, 0.1) is 5.82 Å². The average Bonchev–Trinajstić information content (AvgIpc) is 3.37. The second-order valence-corrected chi connectivity index (χ2v) is 11.7. The van der Waals surface area contributed by atoms with Crippen LogP contribution >= 0.6 is 0 Å². The molecule has 2 amide bonds. The van der Waals surface area contributed by atoms with Gasteiger partial charge >= 0.3 is 6.09 Å². The molecule has 1 saturated heterocycles. The standard InChI is InChI=1S/C36H37FN4O3/c1-39(2)26-14-11-24(12-15-26)22-41(27-17-19-40(20-18-27)35(42)32-21-25(37)13-16-34(32)38)36(43)44-23-33-30-9-5-3-7-28(30)29-8-4-6-10-31(29)33/h3-16,21,27,33H,17-20,22-23,38H2,1-2H3. The molecule has 0 radical (unpaired) electrons. The number of rotatable bonds is 7. The van der Waals surface area contributed by atoms with Crippen molar-refractivity contribution in [3.63, 3.8) is 0 Å². The van der Waals surface area contributed by atoms with Crippen molar-refractivity contribution in [3.05, 3.63) is 119 Å². The smallest absolute Gasteiger partial charge is 0.410 e. The molecule has 44 heavy (non-hydrogen) atoms. The van der Waals surface area contributed by atoms with Crippen LogP contribution in [0.15, 0.2) is 91.0 Å². The maximum Gasteiger partial charge on any atom is 0.410 e. The van der Waals surface area contributed by atoms with Crippen molar-refractivity contribution >= 4 is 23.4 Å². The monoisotopic (exact) mass is 592 g/mol. The van der Waals surface area contributed by atoms with Crippen molar-refractivity contribution in [1.29, 1.82) is 0 Å². The van der Waals surface area contributed by atoms with Crippen LogP contribution in [0.2, 0.25) is 0 Å². The van der Waals surface area contributed by atoms with Gasteiger partial charge in [0.2, 0.25) is 0 Å². The van der Waals surface area contributed by atoms with Gasteiger partial charge in [-0.25, -0.2) is 9.18 Å². The number of hydrogen-bond acceptors (Lipinski definition) is 5. The highest BCUT2D eigenvalue weighted by Gasteiger charge is 2.34. The molecule has 4 aromatic carbocycles. The molecule has 7 nitrogen and oxygen atoms in total. The molecule has 0 unspecified atom stereocenters. The van der Waals surface area contributed by atoms with Gasteiger partial charge in [0.1, 0.15) is 12.4 Å². The number of ether oxygens (including phenoxy) is 1. The molecule has 0 spiro atoms. The molecular formula is C36H37FN4O3. The van der Waals surface area contributed by atoms with Crippen molar-refractivity contribution < 1.29 is 18.7 Å². The Morgan fingerprint density at radius 1 is 0.886 bits per heavy atom. The van der Waals surface area contributed by atoms with E-state index in [9.17, 15) is 14.0 Å². The number of hydrogen-bond donors (Lipinski definition) is 1. The van der Waals surface area contributed by atoms with E-state index in [1.807, 2.05) is 67.5 Å². The second kappa shape index (κ2) is 12.4. The third-order valence-corrected chi connectivity index (χ3v) is 8.81. The van der Waals surface area contributed by atoms with Crippen LogP contribution in [0.1, 0.15) is 45.8 Å². The minimum atomic E-state index is -0.501. The molecule has 0 bridgehead atoms. The van der Waals surface area contributed by atoms with E-state index in [2.05, 4.69) is 24.3 Å². The summed E-state index contributed by atoms with van der Waals surface area (Å²) in [4.78, 5) is 32.6. The maximum absolute atomic E-state index is 13.9. The fourth-order valence-electron chi connectivity index (χ4n) is 6.38. The Bertz CT molecular complexity index is 1620. The number of benzene rings is 4. The lowest BCUT2D eigenvalue weighted by Crippen LogP contribution is -2.48. The van der Waals surface area contributed by atoms with E-state index >= 15 is 0 Å². The minimum absolute atomic E-state index is 0.0382. The number of nitrogens with zero attached hydrogens (tertiary/aromatic N) is 3. The molecule has 0 saturated carbocycles. The quantitative estimate of drug-likeness (QED) is 0.247. The number of carbonyl (C=O) groups is 2. The van der Waals surface area contributed by atoms with Gasteiger partial charge in [-0.1, -0.05) is 60.7 Å². The number of amides is 2. The summed E-state index contributed by atoms with van der Waals surface area (Å²) in [6.07, 6.45) is 0.768. The highest BCUT2D eigenvalue weighted by atomic mass is 19.1. The van der Waals surface area contributed by atoms with Crippen LogP contribution in [0.25, 0.3) is 11.1 Å². The predicted octanol–water partition coefficient (Wildman–Crippen LogP) is 6.53. The normalized spacial score (nSPS) is 14.6. The molecule has 2 N–H and O–H groups in total. The van der Waals surface area contributed by atoms with Crippen molar-refractivity contribution in [2.75, 3.05) is 44.4 Å². The van der Waals surface area contributed by atoms with Gasteiger partial charge in [0.25, 0.3) is 5.91 Å². The lowest BCUT2D eigenvalue weighted by Gasteiger charge is -2.38. The van der Waals surface area contributed by atoms with E-state index in [-0.39, 0.29) is 41.8 Å². The van der Waals surface area contributed by atoms with Gasteiger partial charge in [-0.2, -0.15) is 0 Å². The molecular weight excluding hydrogens is 555 g/mol. The number of fused-ring (bicyclic) bond motifs is 3. The van der Waals surface area contributed by atoms with Crippen molar-refractivity contribution in [1.82, 2.24) is 9.80 Å². The Balaban J connectivity index is 1.19. The zero-order chi connectivity index (χ0) is 30.8. The summed E-state index contributed by atoms with van der Waals surface area (Å²) in [5.74, 6) is -0.838. The third-order valence-electron chi connectivity index (χ3n) is 8.81. The average molecular weight is 593 g/mol. The van der Waals surface area contributed by atoms with Gasteiger partial charge in [0.15, 0.2) is 0 Å². The van der Waals surface area contributed by atoms with E-state index in [4.69, 9.17) is 10.5 Å². The Hall–Kier alpha value is -4.85. The van der Waals surface area contributed by atoms with Crippen molar-refractivity contribution in [3.8, 4) is 11.1 Å². The minimum Gasteiger partial charge on any atom is -0.448 e. The fraction of sp³-hybridized carbons (Fsp3) is 0.278. The first-order chi connectivity index (χ1) is 21.3. The molecule has 1 heterocycles. The van der Waals surface area contributed by atoms with Crippen LogP contribution in [0.4, 0.5) is 20.6 Å². The van der Waals surface area contributed by atoms with Gasteiger partial charge in [-0.05, 0) is 71.0 Å². The predicted molar refractivity (Wildman–Crippen MR) is 171 cm³/mol. The topological polar surface area (TPSA) is 79.1 Å². The van der Waals surface area contributed by atoms with Crippen molar-refractivity contribution in [2.45, 2.75) is 31.3 Å². The van der Waals surface area contributed by atoms with Crippen LogP contribution in [0.3, 0.4) is 0 Å². The Kier molecular flexibility index (Phi) is 8.24. The number of nitrogens with two attached hydrogens (primary N) is 1. The van der Waals surface area contributed by atoms with Crippen molar-refractivity contribution in [2.24, 2.45) is 0 Å². The molecule has 226 valence electrons. The highest BCUT2D eigenvalue weighted by Crippen LogP contribution is 2.44. The summed E-state index contributed by atoms with van der Waals surface area (Å²) in [6.45, 7) is 1.47. The Morgan fingerprint density at radius 3 is 2.11 bits per heavy atom. The second-order valence-electron chi connectivity index (χ2n) is 11.7. The van der Waals surface area contributed by atoms with Gasteiger partial charge in [0.05, 0.1) is 5.56 Å². The van der Waals surface area contributed by atoms with E-state index in [1.54, 1.807) is 9.80 Å². The fourth-order valence-corrected chi connectivity index (χ4v) is 6.38. The number of nitrogen functional groups attached to an aromatic ring is 1. The summed E-state index contributed by atoms with van der Waals surface area (Å²) in [5.41, 5.74) is 13.2. The maximum atomic E-state index is 13.9. The summed E-state index contributed by atoms with van der Waals surface area (Å²) in [5, 5.41) is 0. The summed E-state index contributed by atoms with van der Waals surface area (Å²) < 4.78 is 20.0. The zero-order valence-corrected chi connectivity index (χ0v) is 25.1. The Labute approximate surface area is 257 Å². The molecule has 6 rings (SSSR count). The van der Waals surface area contributed by atoms with Crippen LogP contribution in [-0.4, -0.2) is 61.6 Å². The van der Waals surface area contributed by atoms with E-state index in [1.165, 1.54) is 29.3 Å². The van der Waals surface area contributed by atoms with Gasteiger partial charge < -0.3 is 25.2 Å². The summed E-state index contributed by atoms with van der Waals surface area (Å²) in [6, 6.07) is 28.4. The first kappa shape index (κ1) is 29.2. The van der Waals surface area contributed by atoms with Gasteiger partial charge in [0, 0.05) is 57.1 Å². The van der Waals surface area contributed by atoms with E-state index < -0.39 is 5.82 Å². The highest BCUT2D eigenvalue weighted by molar-refractivity contribution is 5.99. The number of piperidine rings is 1. The first-order valence-corrected chi connectivity index (χ1v) is 15.0. The number of carbonyl (C=O) groups excluding carboxylic acids is 2. The number of halogens is 1. The molecule has 8 heteroatoms. The van der Waals surface area contributed by atoms with Gasteiger partial charge in [-0.15, -0.1) is 0 Å². The van der Waals surface area contributed by atoms with E-state index in [0.29, 0.717) is 32.5 Å². The lowest BCUT2D eigenvalue weighted by molar-refractivity contribution is 0.0512. The molecule has 4 aromatic rings. The molecule has 0 atom stereocenters. The SMILES string of the molecule is CN(C)c1ccc(CN(C(=O)OCC2c3ccccc3-c3ccccc32)C2CCN(C(=O)c3cc(F)ccc3N)CC2)cc1. The molecule has 1 aliphatic carbocycles. The Morgan fingerprint density at radius 2 is 1.50 bits per heavy atom. The lowest BCUT2D eigenvalue weighted by atomic mass is 9.98. The van der Waals surface area contributed by atoms with Crippen LogP contribution in [-0.2, 0) is 11.3 Å². The van der Waals surface area contributed by atoms with Gasteiger partial charge in [-0.3, -0.25) is 4.79 Å². The third kappa shape index (κ3) is 5.84. The largest absolute Gasteiger partial charge is 0.448 e. The zero-order valence-electron chi connectivity index (χ0n) is 25.1. The van der Waals surface area contributed by atoms with Crippen LogP contribution < -0.4 is 10.6 Å². The molecule has 0 aromatic heterocycles. The van der Waals surface area contributed by atoms with Crippen LogP contribution in [0.5, 0.6) is 0 Å². The first-order valence-electron chi connectivity index (χ1n) is 15.0. The number of anilines is 2.